The van der Waals surface area contributed by atoms with Gasteiger partial charge in [-0.1, -0.05) is 24.6 Å². The van der Waals surface area contributed by atoms with Crippen LogP contribution in [-0.4, -0.2) is 24.6 Å². The summed E-state index contributed by atoms with van der Waals surface area (Å²) in [4.78, 5) is 23.5. The van der Waals surface area contributed by atoms with E-state index in [0.717, 1.165) is 0 Å². The summed E-state index contributed by atoms with van der Waals surface area (Å²) in [5.74, 6) is -1.27. The van der Waals surface area contributed by atoms with Gasteiger partial charge in [0.05, 0.1) is 22.9 Å². The van der Waals surface area contributed by atoms with Gasteiger partial charge in [-0.2, -0.15) is 0 Å². The highest BCUT2D eigenvalue weighted by Gasteiger charge is 2.24. The average molecular weight is 286 g/mol. The number of esters is 2. The lowest BCUT2D eigenvalue weighted by molar-refractivity contribution is -0.153. The molecule has 1 aromatic carbocycles. The highest BCUT2D eigenvalue weighted by atomic mass is 35.5. The second kappa shape index (κ2) is 6.99. The highest BCUT2D eigenvalue weighted by molar-refractivity contribution is 6.36. The predicted molar refractivity (Wildman–Crippen MR) is 72.0 cm³/mol. The van der Waals surface area contributed by atoms with Crippen LogP contribution in [0.5, 0.6) is 0 Å². The van der Waals surface area contributed by atoms with Gasteiger partial charge in [-0.05, 0) is 25.5 Å². The van der Waals surface area contributed by atoms with E-state index in [2.05, 4.69) is 0 Å². The number of ether oxygens (including phenoxy) is 2. The molecular weight excluding hydrogens is 270 g/mol. The minimum Gasteiger partial charge on any atom is -0.463 e. The van der Waals surface area contributed by atoms with Crippen LogP contribution < -0.4 is 5.73 Å². The van der Waals surface area contributed by atoms with Crippen LogP contribution >= 0.6 is 11.6 Å². The monoisotopic (exact) mass is 285 g/mol. The molecule has 0 heterocycles. The lowest BCUT2D eigenvalue weighted by atomic mass is 10.2. The molecule has 104 valence electrons. The van der Waals surface area contributed by atoms with E-state index >= 15 is 0 Å². The molecule has 1 unspecified atom stereocenters. The Morgan fingerprint density at radius 3 is 2.63 bits per heavy atom. The minimum absolute atomic E-state index is 0.117. The molecule has 0 radical (unpaired) electrons. The summed E-state index contributed by atoms with van der Waals surface area (Å²) in [6, 6.07) is 4.64. The van der Waals surface area contributed by atoms with E-state index in [4.69, 9.17) is 26.8 Å². The zero-order chi connectivity index (χ0) is 14.4. The first-order valence-corrected chi connectivity index (χ1v) is 6.30. The third-order valence-corrected chi connectivity index (χ3v) is 2.84. The molecule has 0 aliphatic rings. The molecule has 0 bridgehead atoms. The number of hydrogen-bond acceptors (Lipinski definition) is 5. The van der Waals surface area contributed by atoms with Crippen molar-refractivity contribution in [3.63, 3.8) is 0 Å². The number of rotatable bonds is 5. The van der Waals surface area contributed by atoms with Crippen molar-refractivity contribution >= 4 is 29.2 Å². The smallest absolute Gasteiger partial charge is 0.347 e. The second-order valence-electron chi connectivity index (χ2n) is 3.76. The zero-order valence-electron chi connectivity index (χ0n) is 10.8. The molecule has 0 fully saturated rings. The summed E-state index contributed by atoms with van der Waals surface area (Å²) < 4.78 is 9.89. The van der Waals surface area contributed by atoms with Crippen molar-refractivity contribution in [3.05, 3.63) is 28.8 Å². The predicted octanol–water partition coefficient (Wildman–Crippen LogP) is 2.42. The normalized spacial score (nSPS) is 11.7. The zero-order valence-corrected chi connectivity index (χ0v) is 11.6. The molecule has 0 aliphatic heterocycles. The van der Waals surface area contributed by atoms with E-state index in [-0.39, 0.29) is 22.9 Å². The molecule has 6 heteroatoms. The Balaban J connectivity index is 2.83. The Kier molecular flexibility index (Phi) is 5.63. The van der Waals surface area contributed by atoms with E-state index in [1.165, 1.54) is 6.07 Å². The number of anilines is 1. The molecule has 19 heavy (non-hydrogen) atoms. The van der Waals surface area contributed by atoms with Crippen LogP contribution in [0.3, 0.4) is 0 Å². The van der Waals surface area contributed by atoms with Gasteiger partial charge < -0.3 is 15.2 Å². The second-order valence-corrected chi connectivity index (χ2v) is 4.14. The van der Waals surface area contributed by atoms with Gasteiger partial charge >= 0.3 is 11.9 Å². The van der Waals surface area contributed by atoms with Gasteiger partial charge in [-0.15, -0.1) is 0 Å². The van der Waals surface area contributed by atoms with Crippen LogP contribution in [0.4, 0.5) is 5.69 Å². The maximum absolute atomic E-state index is 11.9. The first-order chi connectivity index (χ1) is 9.01. The Labute approximate surface area is 116 Å². The fourth-order valence-electron chi connectivity index (χ4n) is 1.43. The van der Waals surface area contributed by atoms with Gasteiger partial charge in [-0.3, -0.25) is 0 Å². The number of hydrogen-bond donors (Lipinski definition) is 1. The van der Waals surface area contributed by atoms with Crippen molar-refractivity contribution in [2.24, 2.45) is 0 Å². The third-order valence-electron chi connectivity index (χ3n) is 2.42. The van der Waals surface area contributed by atoms with E-state index in [0.29, 0.717) is 6.42 Å². The number of benzene rings is 1. The number of carbonyl (C=O) groups excluding carboxylic acids is 2. The van der Waals surface area contributed by atoms with Gasteiger partial charge in [0.25, 0.3) is 0 Å². The van der Waals surface area contributed by atoms with Gasteiger partial charge in [0, 0.05) is 0 Å². The van der Waals surface area contributed by atoms with E-state index in [9.17, 15) is 9.59 Å². The van der Waals surface area contributed by atoms with Crippen molar-refractivity contribution in [2.75, 3.05) is 12.3 Å². The lowest BCUT2D eigenvalue weighted by Crippen LogP contribution is -2.28. The molecule has 0 aromatic heterocycles. The summed E-state index contributed by atoms with van der Waals surface area (Å²) in [6.45, 7) is 3.63. The Bertz CT molecular complexity index is 476. The van der Waals surface area contributed by atoms with Gasteiger partial charge in [0.2, 0.25) is 0 Å². The molecular formula is C13H16ClNO4. The first kappa shape index (κ1) is 15.3. The summed E-state index contributed by atoms with van der Waals surface area (Å²) in [7, 11) is 0. The summed E-state index contributed by atoms with van der Waals surface area (Å²) in [6.07, 6.45) is -0.616. The molecule has 0 amide bonds. The van der Waals surface area contributed by atoms with Crippen molar-refractivity contribution < 1.29 is 19.1 Å². The Morgan fingerprint density at radius 1 is 1.37 bits per heavy atom. The van der Waals surface area contributed by atoms with Crippen LogP contribution in [-0.2, 0) is 14.3 Å². The van der Waals surface area contributed by atoms with Gasteiger partial charge in [0.1, 0.15) is 0 Å². The number of nitrogens with two attached hydrogens (primary N) is 1. The van der Waals surface area contributed by atoms with E-state index in [1.54, 1.807) is 26.0 Å². The molecule has 0 aliphatic carbocycles. The number of nitrogen functional groups attached to an aromatic ring is 1. The molecule has 1 rings (SSSR count). The first-order valence-electron chi connectivity index (χ1n) is 5.92. The topological polar surface area (TPSA) is 78.6 Å². The quantitative estimate of drug-likeness (QED) is 0.664. The summed E-state index contributed by atoms with van der Waals surface area (Å²) >= 11 is 5.91. The number of carbonyl (C=O) groups is 2. The van der Waals surface area contributed by atoms with Crippen LogP contribution in [0.15, 0.2) is 18.2 Å². The SMILES string of the molecule is CCOC(=O)C(CC)OC(=O)c1cccc(N)c1Cl. The Hall–Kier alpha value is -1.75. The Morgan fingerprint density at radius 2 is 2.05 bits per heavy atom. The highest BCUT2D eigenvalue weighted by Crippen LogP contribution is 2.24. The van der Waals surface area contributed by atoms with Crippen LogP contribution in [0.1, 0.15) is 30.6 Å². The van der Waals surface area contributed by atoms with Crippen LogP contribution in [0.25, 0.3) is 0 Å². The molecule has 1 atom stereocenters. The molecule has 1 aromatic rings. The molecule has 0 saturated carbocycles. The van der Waals surface area contributed by atoms with Crippen molar-refractivity contribution in [2.45, 2.75) is 26.4 Å². The maximum Gasteiger partial charge on any atom is 0.347 e. The van der Waals surface area contributed by atoms with E-state index in [1.807, 2.05) is 0 Å². The molecule has 5 nitrogen and oxygen atoms in total. The van der Waals surface area contributed by atoms with Crippen LogP contribution in [0, 0.1) is 0 Å². The molecule has 2 N–H and O–H groups in total. The average Bonchev–Trinajstić information content (AvgIpc) is 2.39. The van der Waals surface area contributed by atoms with Crippen molar-refractivity contribution in [1.82, 2.24) is 0 Å². The largest absolute Gasteiger partial charge is 0.463 e. The fraction of sp³-hybridized carbons (Fsp3) is 0.385. The van der Waals surface area contributed by atoms with Crippen molar-refractivity contribution in [3.8, 4) is 0 Å². The fourth-order valence-corrected chi connectivity index (χ4v) is 1.64. The standard InChI is InChI=1S/C13H16ClNO4/c1-3-10(13(17)18-4-2)19-12(16)8-6-5-7-9(15)11(8)14/h5-7,10H,3-4,15H2,1-2H3. The number of halogens is 1. The molecule has 0 saturated heterocycles. The van der Waals surface area contributed by atoms with Crippen molar-refractivity contribution in [1.29, 1.82) is 0 Å². The summed E-state index contributed by atoms with van der Waals surface area (Å²) in [5.41, 5.74) is 6.01. The van der Waals surface area contributed by atoms with E-state index < -0.39 is 18.0 Å². The van der Waals surface area contributed by atoms with Crippen LogP contribution in [0.2, 0.25) is 5.02 Å². The summed E-state index contributed by atoms with van der Waals surface area (Å²) in [5, 5.41) is 0.117. The van der Waals surface area contributed by atoms with Gasteiger partial charge in [-0.25, -0.2) is 9.59 Å². The third kappa shape index (κ3) is 3.86. The van der Waals surface area contributed by atoms with Gasteiger partial charge in [0.15, 0.2) is 6.10 Å². The minimum atomic E-state index is -0.940. The lowest BCUT2D eigenvalue weighted by Gasteiger charge is -2.15. The maximum atomic E-state index is 11.9. The molecule has 0 spiro atoms.